The first-order valence-electron chi connectivity index (χ1n) is 8.36. The number of hydrogen-bond acceptors (Lipinski definition) is 4. The fourth-order valence-corrected chi connectivity index (χ4v) is 3.71. The Morgan fingerprint density at radius 2 is 1.76 bits per heavy atom. The number of fused-ring (bicyclic) bond motifs is 2. The van der Waals surface area contributed by atoms with Gasteiger partial charge in [0.15, 0.2) is 0 Å². The molecule has 132 valence electrons. The second kappa shape index (κ2) is 5.98. The Morgan fingerprint density at radius 3 is 2.36 bits per heavy atom. The van der Waals surface area contributed by atoms with E-state index in [9.17, 15) is 13.2 Å². The third kappa shape index (κ3) is 3.20. The molecule has 1 aromatic heterocycles. The number of hydrogen-bond donors (Lipinski definition) is 0. The van der Waals surface area contributed by atoms with Crippen molar-refractivity contribution in [1.29, 1.82) is 0 Å². The zero-order chi connectivity index (χ0) is 17.6. The number of nitrogens with zero attached hydrogens (tertiary/aromatic N) is 4. The van der Waals surface area contributed by atoms with E-state index in [1.807, 2.05) is 13.0 Å². The van der Waals surface area contributed by atoms with E-state index in [2.05, 4.69) is 19.8 Å². The summed E-state index contributed by atoms with van der Waals surface area (Å²) in [6, 6.07) is 8.19. The van der Waals surface area contributed by atoms with Gasteiger partial charge in [0.25, 0.3) is 0 Å². The van der Waals surface area contributed by atoms with E-state index in [0.717, 1.165) is 48.8 Å². The number of piperazine rings is 1. The summed E-state index contributed by atoms with van der Waals surface area (Å²) in [7, 11) is 0. The molecule has 3 aliphatic rings. The van der Waals surface area contributed by atoms with E-state index < -0.39 is 11.7 Å². The SMILES string of the molecule is Cc1ccnc(N2CC3CC(C2)N3Cc2ccc(C(F)(F)F)cc2)n1. The highest BCUT2D eigenvalue weighted by atomic mass is 19.4. The van der Waals surface area contributed by atoms with Gasteiger partial charge in [-0.05, 0) is 37.1 Å². The van der Waals surface area contributed by atoms with Crippen molar-refractivity contribution in [3.63, 3.8) is 0 Å². The molecule has 0 amide bonds. The van der Waals surface area contributed by atoms with Gasteiger partial charge in [-0.1, -0.05) is 12.1 Å². The summed E-state index contributed by atoms with van der Waals surface area (Å²) in [4.78, 5) is 13.4. The van der Waals surface area contributed by atoms with Crippen molar-refractivity contribution in [3.8, 4) is 0 Å². The Hall–Kier alpha value is -2.15. The van der Waals surface area contributed by atoms with Crippen molar-refractivity contribution in [2.45, 2.75) is 38.1 Å². The van der Waals surface area contributed by atoms with Crippen LogP contribution in [0.2, 0.25) is 0 Å². The van der Waals surface area contributed by atoms with Crippen LogP contribution in [0.1, 0.15) is 23.2 Å². The van der Waals surface area contributed by atoms with E-state index in [0.29, 0.717) is 18.6 Å². The number of anilines is 1. The fraction of sp³-hybridized carbons (Fsp3) is 0.444. The summed E-state index contributed by atoms with van der Waals surface area (Å²) >= 11 is 0. The van der Waals surface area contributed by atoms with Gasteiger partial charge in [-0.25, -0.2) is 9.97 Å². The average Bonchev–Trinajstić information content (AvgIpc) is 2.59. The van der Waals surface area contributed by atoms with Crippen LogP contribution in [0.25, 0.3) is 0 Å². The summed E-state index contributed by atoms with van der Waals surface area (Å²) in [5, 5.41) is 0. The minimum Gasteiger partial charge on any atom is -0.338 e. The first kappa shape index (κ1) is 16.3. The van der Waals surface area contributed by atoms with Gasteiger partial charge in [-0.3, -0.25) is 4.90 Å². The second-order valence-corrected chi connectivity index (χ2v) is 6.81. The van der Waals surface area contributed by atoms with Gasteiger partial charge < -0.3 is 4.90 Å². The molecule has 4 nitrogen and oxygen atoms in total. The number of aryl methyl sites for hydroxylation is 1. The summed E-state index contributed by atoms with van der Waals surface area (Å²) in [5.74, 6) is 0.767. The third-order valence-corrected chi connectivity index (χ3v) is 5.06. The highest BCUT2D eigenvalue weighted by molar-refractivity contribution is 5.35. The van der Waals surface area contributed by atoms with E-state index in [4.69, 9.17) is 0 Å². The van der Waals surface area contributed by atoms with Crippen molar-refractivity contribution in [2.24, 2.45) is 0 Å². The molecule has 2 unspecified atom stereocenters. The normalized spacial score (nSPS) is 23.4. The first-order chi connectivity index (χ1) is 11.9. The fourth-order valence-electron chi connectivity index (χ4n) is 3.71. The molecular formula is C18H19F3N4. The van der Waals surface area contributed by atoms with E-state index in [-0.39, 0.29) is 0 Å². The minimum absolute atomic E-state index is 0.408. The summed E-state index contributed by atoms with van der Waals surface area (Å²) in [6.45, 7) is 4.37. The number of alkyl halides is 3. The molecule has 2 bridgehead atoms. The summed E-state index contributed by atoms with van der Waals surface area (Å²) < 4.78 is 38.0. The Bertz CT molecular complexity index is 748. The van der Waals surface area contributed by atoms with Gasteiger partial charge in [-0.15, -0.1) is 0 Å². The standard InChI is InChI=1S/C18H19F3N4/c1-12-6-7-22-17(23-12)24-10-15-8-16(11-24)25(15)9-13-2-4-14(5-3-13)18(19,20)21/h2-7,15-16H,8-11H2,1H3. The van der Waals surface area contributed by atoms with Crippen molar-refractivity contribution in [1.82, 2.24) is 14.9 Å². The largest absolute Gasteiger partial charge is 0.416 e. The molecule has 3 saturated heterocycles. The molecule has 1 aromatic carbocycles. The number of piperidine rings is 1. The highest BCUT2D eigenvalue weighted by Crippen LogP contribution is 2.35. The molecule has 7 heteroatoms. The van der Waals surface area contributed by atoms with Crippen LogP contribution < -0.4 is 4.90 Å². The molecule has 0 aliphatic carbocycles. The maximum absolute atomic E-state index is 12.7. The number of halogens is 3. The average molecular weight is 348 g/mol. The van der Waals surface area contributed by atoms with Gasteiger partial charge in [-0.2, -0.15) is 13.2 Å². The maximum atomic E-state index is 12.7. The quantitative estimate of drug-likeness (QED) is 0.852. The van der Waals surface area contributed by atoms with Crippen LogP contribution in [0.4, 0.5) is 19.1 Å². The first-order valence-corrected chi connectivity index (χ1v) is 8.36. The van der Waals surface area contributed by atoms with Crippen LogP contribution in [-0.2, 0) is 12.7 Å². The van der Waals surface area contributed by atoms with Crippen LogP contribution in [0.5, 0.6) is 0 Å². The lowest BCUT2D eigenvalue weighted by Gasteiger charge is -2.56. The highest BCUT2D eigenvalue weighted by Gasteiger charge is 2.45. The van der Waals surface area contributed by atoms with Crippen molar-refractivity contribution in [2.75, 3.05) is 18.0 Å². The molecule has 5 rings (SSSR count). The number of aromatic nitrogens is 2. The van der Waals surface area contributed by atoms with E-state index in [1.165, 1.54) is 0 Å². The predicted octanol–water partition coefficient (Wildman–Crippen LogP) is 3.27. The topological polar surface area (TPSA) is 32.3 Å². The molecule has 0 spiro atoms. The molecule has 0 radical (unpaired) electrons. The van der Waals surface area contributed by atoms with Gasteiger partial charge in [0.05, 0.1) is 5.56 Å². The van der Waals surface area contributed by atoms with Gasteiger partial charge in [0.2, 0.25) is 5.95 Å². The third-order valence-electron chi connectivity index (χ3n) is 5.06. The van der Waals surface area contributed by atoms with Crippen LogP contribution in [0.3, 0.4) is 0 Å². The van der Waals surface area contributed by atoms with Crippen molar-refractivity contribution < 1.29 is 13.2 Å². The Balaban J connectivity index is 1.40. The zero-order valence-corrected chi connectivity index (χ0v) is 13.9. The Labute approximate surface area is 144 Å². The van der Waals surface area contributed by atoms with Crippen molar-refractivity contribution in [3.05, 3.63) is 53.3 Å². The Kier molecular flexibility index (Phi) is 3.91. The molecule has 3 fully saturated rings. The molecule has 3 aliphatic heterocycles. The maximum Gasteiger partial charge on any atom is 0.416 e. The lowest BCUT2D eigenvalue weighted by Crippen LogP contribution is -2.68. The molecular weight excluding hydrogens is 329 g/mol. The minimum atomic E-state index is -4.28. The number of benzene rings is 1. The Morgan fingerprint density at radius 1 is 1.08 bits per heavy atom. The van der Waals surface area contributed by atoms with Gasteiger partial charge in [0, 0.05) is 43.6 Å². The summed E-state index contributed by atoms with van der Waals surface area (Å²) in [6.07, 6.45) is -1.37. The van der Waals surface area contributed by atoms with Gasteiger partial charge in [0.1, 0.15) is 0 Å². The lowest BCUT2D eigenvalue weighted by molar-refractivity contribution is -0.137. The molecule has 4 heterocycles. The van der Waals surface area contributed by atoms with Crippen LogP contribution in [0, 0.1) is 6.92 Å². The molecule has 2 aromatic rings. The van der Waals surface area contributed by atoms with Crippen LogP contribution in [0.15, 0.2) is 36.5 Å². The predicted molar refractivity (Wildman–Crippen MR) is 88.2 cm³/mol. The monoisotopic (exact) mass is 348 g/mol. The second-order valence-electron chi connectivity index (χ2n) is 6.81. The lowest BCUT2D eigenvalue weighted by atomic mass is 9.87. The van der Waals surface area contributed by atoms with Crippen LogP contribution in [-0.4, -0.2) is 40.0 Å². The zero-order valence-electron chi connectivity index (χ0n) is 13.9. The van der Waals surface area contributed by atoms with E-state index in [1.54, 1.807) is 18.3 Å². The van der Waals surface area contributed by atoms with Crippen LogP contribution >= 0.6 is 0 Å². The molecule has 2 atom stereocenters. The van der Waals surface area contributed by atoms with E-state index >= 15 is 0 Å². The molecule has 0 N–H and O–H groups in total. The van der Waals surface area contributed by atoms with Crippen molar-refractivity contribution >= 4 is 5.95 Å². The smallest absolute Gasteiger partial charge is 0.338 e. The van der Waals surface area contributed by atoms with Gasteiger partial charge >= 0.3 is 6.18 Å². The summed E-state index contributed by atoms with van der Waals surface area (Å²) in [5.41, 5.74) is 1.27. The molecule has 25 heavy (non-hydrogen) atoms. The molecule has 0 saturated carbocycles. The number of rotatable bonds is 3.